The predicted molar refractivity (Wildman–Crippen MR) is 428 cm³/mol. The van der Waals surface area contributed by atoms with Crippen molar-refractivity contribution in [1.29, 1.82) is 0 Å². The standard InChI is InChI=1S/C84H112FN13O17.CH3/c1-53-77(105)92-67(49-88-71(101)30-39-114-41-40-113-38-13-33-94(4)5)78(106)90-65-44-58-14-11-15-59(42-58)48-87-73(103)52-115-70-29-37-97-76(70)80(108)93-75(54(2)99)79(107)91-66(43-56-20-23-63(112-6)24-21-56)82(110)98-36-12-31-84(98,3)83(111)86-32-28-55-16-18-57(19-17-55)50-96(74(104)27-26-72(102)89-53)35-10-8-7-9-34-95-51-61(45-60(81(97)109)46-69(65)100)64-47-62(85)22-25-68(64)95;/h11,14-25,42,47,51,53-54,60,65-67,70,75-76,99H,7-10,12-13,26-41,43-46,48-50,52H2,1-6H3,(H,86,111)(H,87,103)(H,88,101)(H,89,102)(H,90,106)(H,91,107)(H,92,105)(H,93,108);1H3/q;-1/p+1/t53-,54+,60+,65-,66-,67+,70-,75-,76-,84-;/m0./s1. The molecule has 4 aromatic carbocycles. The molecule has 2 fully saturated rings. The van der Waals surface area contributed by atoms with Crippen LogP contribution in [0.3, 0.4) is 0 Å². The number of aliphatic hydroxyl groups excluding tert-OH is 1. The molecule has 11 amide bonds. The van der Waals surface area contributed by atoms with Gasteiger partial charge in [-0.05, 0) is 136 Å². The van der Waals surface area contributed by atoms with Crippen molar-refractivity contribution >= 4 is 81.7 Å². The molecule has 0 saturated carbocycles. The minimum absolute atomic E-state index is 0. The Kier molecular flexibility index (Phi) is 33.4. The van der Waals surface area contributed by atoms with E-state index in [0.717, 1.165) is 24.1 Å². The number of fused-ring (bicyclic) bond motifs is 16. The first-order valence-corrected chi connectivity index (χ1v) is 40.3. The third-order valence-corrected chi connectivity index (χ3v) is 22.1. The highest BCUT2D eigenvalue weighted by Crippen LogP contribution is 2.34. The zero-order valence-corrected chi connectivity index (χ0v) is 67.8. The van der Waals surface area contributed by atoms with Gasteiger partial charge in [0.25, 0.3) is 0 Å². The van der Waals surface area contributed by atoms with Crippen molar-refractivity contribution in [3.8, 4) is 5.75 Å². The fourth-order valence-electron chi connectivity index (χ4n) is 15.6. The Morgan fingerprint density at radius 1 is 0.707 bits per heavy atom. The first-order valence-electron chi connectivity index (χ1n) is 40.3. The van der Waals surface area contributed by atoms with Crippen molar-refractivity contribution in [3.63, 3.8) is 0 Å². The maximum absolute atomic E-state index is 16.3. The normalized spacial score (nSPS) is 24.3. The lowest BCUT2D eigenvalue weighted by Crippen LogP contribution is -3.05. The lowest BCUT2D eigenvalue weighted by atomic mass is 9.88. The van der Waals surface area contributed by atoms with Gasteiger partial charge in [0.15, 0.2) is 5.78 Å². The number of carbonyl (C=O) groups excluding carboxylic acids is 12. The Balaban J connectivity index is 0.0000154. The molecule has 0 spiro atoms. The Morgan fingerprint density at radius 2 is 1.43 bits per heavy atom. The number of nitrogens with zero attached hydrogens (tertiary/aromatic N) is 4. The van der Waals surface area contributed by atoms with Gasteiger partial charge in [-0.25, -0.2) is 4.39 Å². The van der Waals surface area contributed by atoms with Crippen molar-refractivity contribution in [2.75, 3.05) is 93.5 Å². The van der Waals surface area contributed by atoms with Crippen molar-refractivity contribution in [2.45, 2.75) is 197 Å². The predicted octanol–water partition coefficient (Wildman–Crippen LogP) is 1.79. The molecular formula is C85H116FN13O17. The summed E-state index contributed by atoms with van der Waals surface area (Å²) in [6.45, 7) is 5.91. The molecule has 11 rings (SSSR count). The van der Waals surface area contributed by atoms with E-state index in [4.69, 9.17) is 18.9 Å². The molecule has 0 unspecified atom stereocenters. The van der Waals surface area contributed by atoms with Gasteiger partial charge in [0.2, 0.25) is 65.0 Å². The van der Waals surface area contributed by atoms with E-state index in [0.29, 0.717) is 104 Å². The van der Waals surface area contributed by atoms with Crippen LogP contribution in [0.5, 0.6) is 5.75 Å². The highest BCUT2D eigenvalue weighted by molar-refractivity contribution is 6.00. The van der Waals surface area contributed by atoms with E-state index in [2.05, 4.69) is 42.5 Å². The third-order valence-electron chi connectivity index (χ3n) is 22.1. The van der Waals surface area contributed by atoms with Crippen LogP contribution in [0.15, 0.2) is 97.2 Å². The summed E-state index contributed by atoms with van der Waals surface area (Å²) < 4.78 is 40.9. The third kappa shape index (κ3) is 24.9. The fourth-order valence-corrected chi connectivity index (χ4v) is 15.6. The molecule has 630 valence electrons. The highest BCUT2D eigenvalue weighted by Gasteiger charge is 2.50. The summed E-state index contributed by atoms with van der Waals surface area (Å²) in [5, 5.41) is 34.3. The minimum Gasteiger partial charge on any atom is -0.497 e. The largest absolute Gasteiger partial charge is 0.497 e. The Morgan fingerprint density at radius 3 is 2.17 bits per heavy atom. The molecule has 6 aliphatic rings. The summed E-state index contributed by atoms with van der Waals surface area (Å²) in [6, 6.07) is 15.9. The van der Waals surface area contributed by atoms with Crippen molar-refractivity contribution < 1.29 is 90.9 Å². The summed E-state index contributed by atoms with van der Waals surface area (Å²) in [4.78, 5) is 184. The molecule has 5 aromatic rings. The molecule has 1 aromatic heterocycles. The quantitative estimate of drug-likeness (QED) is 0.0497. The van der Waals surface area contributed by atoms with E-state index in [9.17, 15) is 33.9 Å². The number of aliphatic hydroxyl groups is 1. The number of rotatable bonds is 16. The van der Waals surface area contributed by atoms with E-state index in [-0.39, 0.29) is 111 Å². The molecule has 6 aliphatic heterocycles. The van der Waals surface area contributed by atoms with Gasteiger partial charge in [-0.1, -0.05) is 73.5 Å². The van der Waals surface area contributed by atoms with Crippen molar-refractivity contribution in [2.24, 2.45) is 5.92 Å². The maximum atomic E-state index is 16.3. The molecule has 10 atom stereocenters. The Bertz CT molecular complexity index is 4250. The lowest BCUT2D eigenvalue weighted by Gasteiger charge is -2.37. The summed E-state index contributed by atoms with van der Waals surface area (Å²) in [7, 11) is 5.58. The smallest absolute Gasteiger partial charge is 0.246 e. The number of Topliss-reactive ketones (excluding diaryl/α,β-unsaturated/α-hetero) is 1. The van der Waals surface area contributed by atoms with Crippen LogP contribution in [0.2, 0.25) is 0 Å². The monoisotopic (exact) mass is 1610 g/mol. The molecule has 30 nitrogen and oxygen atoms in total. The summed E-state index contributed by atoms with van der Waals surface area (Å²) in [5.41, 5.74) is 2.86. The van der Waals surface area contributed by atoms with Crippen LogP contribution >= 0.6 is 0 Å². The number of hydrogen-bond donors (Lipinski definition) is 10. The van der Waals surface area contributed by atoms with Crippen LogP contribution in [0.1, 0.15) is 131 Å². The fraction of sp³-hybridized carbons (Fsp3) is 0.541. The number of ether oxygens (including phenoxy) is 4. The van der Waals surface area contributed by atoms with Gasteiger partial charge < -0.3 is 98.2 Å². The molecule has 116 heavy (non-hydrogen) atoms. The average molecular weight is 1610 g/mol. The van der Waals surface area contributed by atoms with Gasteiger partial charge in [0, 0.05) is 114 Å². The molecular weight excluding hydrogens is 1490 g/mol. The minimum atomic E-state index is -1.85. The number of quaternary nitrogens is 1. The van der Waals surface area contributed by atoms with Crippen LogP contribution in [0.25, 0.3) is 10.9 Å². The van der Waals surface area contributed by atoms with Gasteiger partial charge >= 0.3 is 0 Å². The van der Waals surface area contributed by atoms with Gasteiger partial charge in [0.05, 0.1) is 72.4 Å². The second kappa shape index (κ2) is 43.1. The first kappa shape index (κ1) is 89.7. The van der Waals surface area contributed by atoms with E-state index < -0.39 is 150 Å². The van der Waals surface area contributed by atoms with E-state index >= 15 is 33.2 Å². The summed E-state index contributed by atoms with van der Waals surface area (Å²) in [5.74, 6) is -10.2. The van der Waals surface area contributed by atoms with Crippen molar-refractivity contribution in [3.05, 3.63) is 144 Å². The number of carbonyl (C=O) groups is 12. The van der Waals surface area contributed by atoms with Crippen LogP contribution in [0.4, 0.5) is 4.39 Å². The SMILES string of the molecule is COc1ccc(C[C@@H]2NC(=O)[C@H]([C@@H](C)O)NC(=O)[C@@H]3[C@@H]4CCN3C(=O)[C@H]3CC(=O)[C@H](Cc5cccc(c5)CNC(=O)CO4)NC(=O)[C@@H](CNC(=O)CCOCCOCCC[NH+](C)C)NC(=O)[C@H](C)NC(=O)CCC(=O)N(CCCCCCn4cc(c5cc(F)ccc54)C3)Cc3ccc(cc3)CCNC(=O)[C@]3(C)CCCN3C2=O)cc1.[CH3-]. The summed E-state index contributed by atoms with van der Waals surface area (Å²) in [6.07, 6.45) is 1.11. The van der Waals surface area contributed by atoms with E-state index in [1.54, 1.807) is 72.6 Å². The topological polar surface area (TPSA) is 377 Å². The van der Waals surface area contributed by atoms with E-state index in [1.807, 2.05) is 42.9 Å². The Labute approximate surface area is 677 Å². The number of ketones is 1. The second-order valence-corrected chi connectivity index (χ2v) is 31.3. The lowest BCUT2D eigenvalue weighted by molar-refractivity contribution is -0.858. The molecule has 0 radical (unpaired) electrons. The molecule has 2 saturated heterocycles. The number of hydrogen-bond acceptors (Lipinski definition) is 17. The van der Waals surface area contributed by atoms with Gasteiger partial charge in [0.1, 0.15) is 53.9 Å². The van der Waals surface area contributed by atoms with Crippen LogP contribution in [-0.4, -0.2) is 243 Å². The highest BCUT2D eigenvalue weighted by atomic mass is 19.1. The number of aryl methyl sites for hydroxylation is 1. The van der Waals surface area contributed by atoms with Crippen LogP contribution < -0.4 is 52.2 Å². The van der Waals surface area contributed by atoms with Gasteiger partial charge in [-0.3, -0.25) is 57.5 Å². The van der Waals surface area contributed by atoms with Crippen LogP contribution in [0, 0.1) is 19.2 Å². The molecule has 12 bridgehead atoms. The molecule has 31 heteroatoms. The number of nitrogens with one attached hydrogen (secondary N) is 9. The molecule has 10 N–H and O–H groups in total. The summed E-state index contributed by atoms with van der Waals surface area (Å²) >= 11 is 0. The van der Waals surface area contributed by atoms with Crippen molar-refractivity contribution in [1.82, 2.24) is 61.8 Å². The number of aromatic nitrogens is 1. The number of benzene rings is 4. The zero-order chi connectivity index (χ0) is 82.3. The Hall–Kier alpha value is -10.2. The van der Waals surface area contributed by atoms with Crippen LogP contribution in [-0.2, 0) is 117 Å². The molecule has 0 aliphatic carbocycles. The second-order valence-electron chi connectivity index (χ2n) is 31.3. The van der Waals surface area contributed by atoms with Gasteiger partial charge in [-0.15, -0.1) is 0 Å². The average Bonchev–Trinajstić information content (AvgIpc) is 1.62. The maximum Gasteiger partial charge on any atom is 0.246 e. The number of methoxy groups -OCH3 is 1. The van der Waals surface area contributed by atoms with E-state index in [1.165, 1.54) is 47.8 Å². The molecule has 7 heterocycles. The van der Waals surface area contributed by atoms with Gasteiger partial charge in [-0.2, -0.15) is 0 Å². The number of halogens is 1. The first-order chi connectivity index (χ1) is 55.2. The number of amides is 11. The zero-order valence-electron chi connectivity index (χ0n) is 67.8.